The number of rotatable bonds is 9. The Hall–Kier alpha value is -3.27. The zero-order valence-electron chi connectivity index (χ0n) is 16.1. The molecular formula is C24H27NO3. The molecule has 1 atom stereocenters. The van der Waals surface area contributed by atoms with Crippen LogP contribution < -0.4 is 0 Å². The number of aliphatic hydroxyl groups is 1. The van der Waals surface area contributed by atoms with Gasteiger partial charge in [0.2, 0.25) is 0 Å². The Labute approximate surface area is 166 Å². The first-order chi connectivity index (χ1) is 13.5. The lowest BCUT2D eigenvalue weighted by Crippen LogP contribution is -2.10. The summed E-state index contributed by atoms with van der Waals surface area (Å²) in [5.74, 6) is 0.614. The van der Waals surface area contributed by atoms with Gasteiger partial charge in [-0.05, 0) is 61.6 Å². The maximum atomic E-state index is 10.1. The highest BCUT2D eigenvalue weighted by atomic mass is 16.3. The molecule has 0 saturated heterocycles. The van der Waals surface area contributed by atoms with E-state index in [1.807, 2.05) is 31.2 Å². The van der Waals surface area contributed by atoms with E-state index in [1.165, 1.54) is 0 Å². The lowest BCUT2D eigenvalue weighted by Gasteiger charge is -2.15. The predicted molar refractivity (Wildman–Crippen MR) is 115 cm³/mol. The van der Waals surface area contributed by atoms with Crippen LogP contribution in [-0.4, -0.2) is 27.6 Å². The van der Waals surface area contributed by atoms with Gasteiger partial charge in [0.25, 0.3) is 0 Å². The van der Waals surface area contributed by atoms with Crippen LogP contribution in [0.3, 0.4) is 0 Å². The molecule has 0 aromatic heterocycles. The molecule has 1 unspecified atom stereocenters. The number of hydrogen-bond acceptors (Lipinski definition) is 4. The molecule has 4 heteroatoms. The molecule has 0 aliphatic carbocycles. The standard InChI is InChI=1S/C24H27NO3/c1-3-9-22(26)18(4-2)14-15-21(16-19-10-5-7-12-23(19)27)25-17-20-11-6-8-13-24(20)28/h3-13,17,21,26-28H,1,14-16H2,2H3/b18-4-,22-9+,25-17+. The molecule has 2 aromatic carbocycles. The van der Waals surface area contributed by atoms with Crippen LogP contribution in [0.4, 0.5) is 0 Å². The predicted octanol–water partition coefficient (Wildman–Crippen LogP) is 5.48. The third-order valence-electron chi connectivity index (χ3n) is 4.51. The first-order valence-corrected chi connectivity index (χ1v) is 9.30. The fraction of sp³-hybridized carbons (Fsp3) is 0.208. The van der Waals surface area contributed by atoms with Gasteiger partial charge >= 0.3 is 0 Å². The van der Waals surface area contributed by atoms with Crippen molar-refractivity contribution in [1.29, 1.82) is 0 Å². The fourth-order valence-corrected chi connectivity index (χ4v) is 2.91. The number of nitrogens with zero attached hydrogens (tertiary/aromatic N) is 1. The van der Waals surface area contributed by atoms with Gasteiger partial charge in [-0.25, -0.2) is 0 Å². The van der Waals surface area contributed by atoms with Crippen LogP contribution in [0.25, 0.3) is 0 Å². The Balaban J connectivity index is 2.20. The van der Waals surface area contributed by atoms with Crippen molar-refractivity contribution in [1.82, 2.24) is 0 Å². The molecule has 0 spiro atoms. The normalized spacial score (nSPS) is 13.6. The molecular weight excluding hydrogens is 350 g/mol. The van der Waals surface area contributed by atoms with Crippen LogP contribution in [0.2, 0.25) is 0 Å². The van der Waals surface area contributed by atoms with Crippen molar-refractivity contribution < 1.29 is 15.3 Å². The number of phenolic OH excluding ortho intramolecular Hbond substituents is 2. The Morgan fingerprint density at radius 1 is 1.07 bits per heavy atom. The van der Waals surface area contributed by atoms with E-state index in [4.69, 9.17) is 0 Å². The number of para-hydroxylation sites is 2. The minimum absolute atomic E-state index is 0.126. The summed E-state index contributed by atoms with van der Waals surface area (Å²) < 4.78 is 0. The van der Waals surface area contributed by atoms with E-state index in [-0.39, 0.29) is 23.3 Å². The number of phenols is 2. The molecule has 146 valence electrons. The Morgan fingerprint density at radius 3 is 2.39 bits per heavy atom. The molecule has 0 aliphatic heterocycles. The SMILES string of the molecule is C=C/C=C(O)\C(=C/C)CCC(Cc1ccccc1O)/N=C/c1ccccc1O. The third kappa shape index (κ3) is 6.16. The first kappa shape index (κ1) is 21.0. The van der Waals surface area contributed by atoms with Gasteiger partial charge in [0.05, 0.1) is 6.04 Å². The lowest BCUT2D eigenvalue weighted by atomic mass is 9.98. The molecule has 4 nitrogen and oxygen atoms in total. The fourth-order valence-electron chi connectivity index (χ4n) is 2.91. The number of aliphatic imine (C=N–C) groups is 1. The topological polar surface area (TPSA) is 73.0 Å². The van der Waals surface area contributed by atoms with Crippen molar-refractivity contribution >= 4 is 6.21 Å². The molecule has 2 aromatic rings. The molecule has 0 fully saturated rings. The van der Waals surface area contributed by atoms with Crippen molar-refractivity contribution in [3.05, 3.63) is 95.8 Å². The number of benzene rings is 2. The molecule has 0 saturated carbocycles. The molecule has 28 heavy (non-hydrogen) atoms. The summed E-state index contributed by atoms with van der Waals surface area (Å²) in [5.41, 5.74) is 2.28. The second-order valence-corrected chi connectivity index (χ2v) is 6.46. The highest BCUT2D eigenvalue weighted by Gasteiger charge is 2.13. The summed E-state index contributed by atoms with van der Waals surface area (Å²) in [4.78, 5) is 4.66. The van der Waals surface area contributed by atoms with Gasteiger partial charge in [-0.1, -0.05) is 49.1 Å². The molecule has 0 aliphatic rings. The van der Waals surface area contributed by atoms with Crippen LogP contribution in [0, 0.1) is 0 Å². The number of aromatic hydroxyl groups is 2. The molecule has 2 rings (SSSR count). The molecule has 0 radical (unpaired) electrons. The van der Waals surface area contributed by atoms with Crippen LogP contribution in [0.1, 0.15) is 30.9 Å². The molecule has 0 amide bonds. The summed E-state index contributed by atoms with van der Waals surface area (Å²) in [6.45, 7) is 5.49. The van der Waals surface area contributed by atoms with E-state index in [0.29, 0.717) is 24.8 Å². The monoisotopic (exact) mass is 377 g/mol. The second kappa shape index (κ2) is 10.8. The Kier molecular flexibility index (Phi) is 8.10. The van der Waals surface area contributed by atoms with Gasteiger partial charge in [0, 0.05) is 11.8 Å². The van der Waals surface area contributed by atoms with E-state index < -0.39 is 0 Å². The zero-order chi connectivity index (χ0) is 20.4. The van der Waals surface area contributed by atoms with E-state index in [0.717, 1.165) is 11.1 Å². The summed E-state index contributed by atoms with van der Waals surface area (Å²) >= 11 is 0. The molecule has 3 N–H and O–H groups in total. The Morgan fingerprint density at radius 2 is 1.75 bits per heavy atom. The van der Waals surface area contributed by atoms with Crippen molar-refractivity contribution in [3.63, 3.8) is 0 Å². The average molecular weight is 377 g/mol. The highest BCUT2D eigenvalue weighted by molar-refractivity contribution is 5.83. The quantitative estimate of drug-likeness (QED) is 0.308. The molecule has 0 bridgehead atoms. The van der Waals surface area contributed by atoms with E-state index in [9.17, 15) is 15.3 Å². The number of allylic oxidation sites excluding steroid dienone is 4. The van der Waals surface area contributed by atoms with E-state index >= 15 is 0 Å². The van der Waals surface area contributed by atoms with Gasteiger partial charge < -0.3 is 15.3 Å². The highest BCUT2D eigenvalue weighted by Crippen LogP contribution is 2.23. The van der Waals surface area contributed by atoms with Crippen molar-refractivity contribution in [2.24, 2.45) is 4.99 Å². The minimum atomic E-state index is -0.126. The average Bonchev–Trinajstić information content (AvgIpc) is 2.69. The van der Waals surface area contributed by atoms with Gasteiger partial charge in [-0.2, -0.15) is 0 Å². The van der Waals surface area contributed by atoms with Crippen molar-refractivity contribution in [3.8, 4) is 11.5 Å². The van der Waals surface area contributed by atoms with Crippen LogP contribution in [0.5, 0.6) is 11.5 Å². The van der Waals surface area contributed by atoms with Gasteiger partial charge in [-0.15, -0.1) is 0 Å². The van der Waals surface area contributed by atoms with Gasteiger partial charge in [0.1, 0.15) is 17.3 Å². The molecule has 0 heterocycles. The number of aliphatic hydroxyl groups excluding tert-OH is 1. The first-order valence-electron chi connectivity index (χ1n) is 9.30. The zero-order valence-corrected chi connectivity index (χ0v) is 16.1. The van der Waals surface area contributed by atoms with Crippen LogP contribution in [-0.2, 0) is 6.42 Å². The Bertz CT molecular complexity index is 881. The van der Waals surface area contributed by atoms with Gasteiger partial charge in [-0.3, -0.25) is 4.99 Å². The van der Waals surface area contributed by atoms with Gasteiger partial charge in [0.15, 0.2) is 0 Å². The van der Waals surface area contributed by atoms with Crippen molar-refractivity contribution in [2.45, 2.75) is 32.2 Å². The second-order valence-electron chi connectivity index (χ2n) is 6.46. The summed E-state index contributed by atoms with van der Waals surface area (Å²) in [5, 5.41) is 30.2. The maximum absolute atomic E-state index is 10.1. The summed E-state index contributed by atoms with van der Waals surface area (Å²) in [6, 6.07) is 14.1. The smallest absolute Gasteiger partial charge is 0.124 e. The maximum Gasteiger partial charge on any atom is 0.124 e. The third-order valence-corrected chi connectivity index (χ3v) is 4.51. The summed E-state index contributed by atoms with van der Waals surface area (Å²) in [7, 11) is 0. The largest absolute Gasteiger partial charge is 0.508 e. The van der Waals surface area contributed by atoms with Crippen molar-refractivity contribution in [2.75, 3.05) is 0 Å². The van der Waals surface area contributed by atoms with E-state index in [2.05, 4.69) is 11.6 Å². The lowest BCUT2D eigenvalue weighted by molar-refractivity contribution is 0.415. The van der Waals surface area contributed by atoms with E-state index in [1.54, 1.807) is 48.7 Å². The minimum Gasteiger partial charge on any atom is -0.508 e. The number of hydrogen-bond donors (Lipinski definition) is 3. The summed E-state index contributed by atoms with van der Waals surface area (Å²) in [6.07, 6.45) is 8.51. The van der Waals surface area contributed by atoms with Crippen LogP contribution in [0.15, 0.2) is 89.7 Å². The van der Waals surface area contributed by atoms with Crippen LogP contribution >= 0.6 is 0 Å².